The Hall–Kier alpha value is -1.66. The lowest BCUT2D eigenvalue weighted by Gasteiger charge is -1.86. The van der Waals surface area contributed by atoms with Crippen molar-refractivity contribution < 1.29 is 0 Å². The third kappa shape index (κ3) is 1.62. The third-order valence-electron chi connectivity index (χ3n) is 2.09. The maximum absolute atomic E-state index is 5.67. The fourth-order valence-corrected chi connectivity index (χ4v) is 2.74. The predicted molar refractivity (Wildman–Crippen MR) is 67.4 cm³/mol. The number of thiophene rings is 2. The Morgan fingerprint density at radius 3 is 2.81 bits per heavy atom. The van der Waals surface area contributed by atoms with E-state index in [2.05, 4.69) is 15.2 Å². The maximum atomic E-state index is 5.67. The number of hydrogen-bond acceptors (Lipinski definition) is 5. The number of nitrogens with zero attached hydrogens (tertiary/aromatic N) is 2. The van der Waals surface area contributed by atoms with Crippen LogP contribution in [0.4, 0.5) is 5.00 Å². The van der Waals surface area contributed by atoms with Crippen LogP contribution in [0.5, 0.6) is 0 Å². The molecule has 0 saturated carbocycles. The van der Waals surface area contributed by atoms with Crippen molar-refractivity contribution in [1.29, 1.82) is 0 Å². The molecule has 0 aliphatic rings. The van der Waals surface area contributed by atoms with Crippen LogP contribution in [0.1, 0.15) is 0 Å². The normalized spacial score (nSPS) is 10.8. The zero-order chi connectivity index (χ0) is 11.0. The van der Waals surface area contributed by atoms with Crippen molar-refractivity contribution in [2.45, 2.75) is 0 Å². The zero-order valence-corrected chi connectivity index (χ0v) is 9.81. The van der Waals surface area contributed by atoms with E-state index in [0.29, 0.717) is 5.82 Å². The molecule has 3 aromatic heterocycles. The molecule has 0 amide bonds. The van der Waals surface area contributed by atoms with Crippen molar-refractivity contribution in [3.63, 3.8) is 0 Å². The largest absolute Gasteiger partial charge is 0.391 e. The van der Waals surface area contributed by atoms with Gasteiger partial charge in [-0.2, -0.15) is 5.10 Å². The second-order valence-electron chi connectivity index (χ2n) is 3.19. The number of rotatable bonds is 2. The quantitative estimate of drug-likeness (QED) is 0.732. The van der Waals surface area contributed by atoms with Crippen LogP contribution in [0, 0.1) is 0 Å². The summed E-state index contributed by atoms with van der Waals surface area (Å²) in [6, 6.07) is 7.80. The van der Waals surface area contributed by atoms with Crippen LogP contribution in [0.25, 0.3) is 21.4 Å². The zero-order valence-electron chi connectivity index (χ0n) is 8.18. The molecule has 3 aromatic rings. The molecule has 0 unspecified atom stereocenters. The van der Waals surface area contributed by atoms with Crippen molar-refractivity contribution >= 4 is 27.7 Å². The minimum atomic E-state index is 0.699. The summed E-state index contributed by atoms with van der Waals surface area (Å²) in [4.78, 5) is 6.50. The van der Waals surface area contributed by atoms with E-state index in [1.165, 1.54) is 11.3 Å². The molecule has 0 bridgehead atoms. The van der Waals surface area contributed by atoms with Crippen molar-refractivity contribution in [2.24, 2.45) is 0 Å². The van der Waals surface area contributed by atoms with Gasteiger partial charge in [-0.3, -0.25) is 5.10 Å². The molecule has 3 heterocycles. The standard InChI is InChI=1S/C10H8N4S2/c11-8-4-3-7(16-8)10-12-9(13-14-10)6-2-1-5-15-6/h1-5H,11H2,(H,12,13,14). The van der Waals surface area contributed by atoms with E-state index in [9.17, 15) is 0 Å². The second kappa shape index (κ2) is 3.73. The van der Waals surface area contributed by atoms with E-state index >= 15 is 0 Å². The van der Waals surface area contributed by atoms with Gasteiger partial charge in [0.2, 0.25) is 0 Å². The summed E-state index contributed by atoms with van der Waals surface area (Å²) in [5.41, 5.74) is 5.67. The van der Waals surface area contributed by atoms with Gasteiger partial charge in [0.05, 0.1) is 14.8 Å². The minimum absolute atomic E-state index is 0.699. The molecule has 80 valence electrons. The van der Waals surface area contributed by atoms with Crippen molar-refractivity contribution in [1.82, 2.24) is 15.2 Å². The van der Waals surface area contributed by atoms with Crippen LogP contribution in [0.3, 0.4) is 0 Å². The Morgan fingerprint density at radius 2 is 2.12 bits per heavy atom. The van der Waals surface area contributed by atoms with Crippen molar-refractivity contribution in [2.75, 3.05) is 5.73 Å². The van der Waals surface area contributed by atoms with Gasteiger partial charge in [0, 0.05) is 0 Å². The topological polar surface area (TPSA) is 67.6 Å². The van der Waals surface area contributed by atoms with Gasteiger partial charge < -0.3 is 5.73 Å². The highest BCUT2D eigenvalue weighted by Crippen LogP contribution is 2.29. The first kappa shape index (κ1) is 9.56. The molecule has 0 aliphatic heterocycles. The first-order chi connectivity index (χ1) is 7.83. The lowest BCUT2D eigenvalue weighted by atomic mass is 10.4. The number of hydrogen-bond donors (Lipinski definition) is 2. The van der Waals surface area contributed by atoms with E-state index < -0.39 is 0 Å². The molecular formula is C10H8N4S2. The molecule has 0 spiro atoms. The highest BCUT2D eigenvalue weighted by Gasteiger charge is 2.09. The molecule has 0 aromatic carbocycles. The number of H-pyrrole nitrogens is 1. The molecule has 3 rings (SSSR count). The van der Waals surface area contributed by atoms with Gasteiger partial charge in [-0.15, -0.1) is 22.7 Å². The van der Waals surface area contributed by atoms with Gasteiger partial charge >= 0.3 is 0 Å². The lowest BCUT2D eigenvalue weighted by molar-refractivity contribution is 1.11. The summed E-state index contributed by atoms with van der Waals surface area (Å²) in [5.74, 6) is 1.50. The third-order valence-corrected chi connectivity index (χ3v) is 3.87. The number of aromatic nitrogens is 3. The first-order valence-electron chi connectivity index (χ1n) is 4.65. The Labute approximate surface area is 99.8 Å². The predicted octanol–water partition coefficient (Wildman–Crippen LogP) is 2.84. The van der Waals surface area contributed by atoms with E-state index in [1.807, 2.05) is 29.6 Å². The Balaban J connectivity index is 2.00. The molecule has 3 N–H and O–H groups in total. The van der Waals surface area contributed by atoms with Gasteiger partial charge in [0.25, 0.3) is 0 Å². The summed E-state index contributed by atoms with van der Waals surface area (Å²) < 4.78 is 0. The number of nitrogens with two attached hydrogens (primary N) is 1. The van der Waals surface area contributed by atoms with E-state index in [-0.39, 0.29) is 0 Å². The lowest BCUT2D eigenvalue weighted by Crippen LogP contribution is -1.75. The number of anilines is 1. The average molecular weight is 248 g/mol. The fourth-order valence-electron chi connectivity index (χ4n) is 1.37. The first-order valence-corrected chi connectivity index (χ1v) is 6.34. The molecule has 0 fully saturated rings. The monoisotopic (exact) mass is 248 g/mol. The number of nitrogens with one attached hydrogen (secondary N) is 1. The van der Waals surface area contributed by atoms with Crippen LogP contribution >= 0.6 is 22.7 Å². The second-order valence-corrected chi connectivity index (χ2v) is 5.25. The summed E-state index contributed by atoms with van der Waals surface area (Å²) in [5, 5.41) is 9.90. The van der Waals surface area contributed by atoms with Crippen LogP contribution in [0.15, 0.2) is 29.6 Å². The highest BCUT2D eigenvalue weighted by molar-refractivity contribution is 7.19. The van der Waals surface area contributed by atoms with Crippen LogP contribution in [0.2, 0.25) is 0 Å². The van der Waals surface area contributed by atoms with E-state index in [1.54, 1.807) is 11.3 Å². The molecule has 6 heteroatoms. The summed E-state index contributed by atoms with van der Waals surface area (Å²) in [6.07, 6.45) is 0. The van der Waals surface area contributed by atoms with E-state index in [0.717, 1.165) is 20.6 Å². The summed E-state index contributed by atoms with van der Waals surface area (Å²) >= 11 is 3.12. The van der Waals surface area contributed by atoms with E-state index in [4.69, 9.17) is 5.73 Å². The smallest absolute Gasteiger partial charge is 0.191 e. The molecule has 0 aliphatic carbocycles. The van der Waals surface area contributed by atoms with Gasteiger partial charge in [0.1, 0.15) is 0 Å². The SMILES string of the molecule is Nc1ccc(-c2n[nH]c(-c3cccs3)n2)s1. The maximum Gasteiger partial charge on any atom is 0.191 e. The highest BCUT2D eigenvalue weighted by atomic mass is 32.1. The molecular weight excluding hydrogens is 240 g/mol. The van der Waals surface area contributed by atoms with Gasteiger partial charge in [-0.05, 0) is 23.6 Å². The van der Waals surface area contributed by atoms with Crippen LogP contribution in [-0.2, 0) is 0 Å². The van der Waals surface area contributed by atoms with Gasteiger partial charge in [0.15, 0.2) is 11.6 Å². The Kier molecular flexibility index (Phi) is 2.23. The number of aromatic amines is 1. The van der Waals surface area contributed by atoms with Gasteiger partial charge in [-0.1, -0.05) is 6.07 Å². The Bertz CT molecular complexity index is 594. The fraction of sp³-hybridized carbons (Fsp3) is 0. The minimum Gasteiger partial charge on any atom is -0.391 e. The molecule has 0 atom stereocenters. The summed E-state index contributed by atoms with van der Waals surface area (Å²) in [7, 11) is 0. The van der Waals surface area contributed by atoms with Gasteiger partial charge in [-0.25, -0.2) is 4.98 Å². The number of nitrogen functional groups attached to an aromatic ring is 1. The van der Waals surface area contributed by atoms with Crippen molar-refractivity contribution in [3.8, 4) is 21.4 Å². The molecule has 0 radical (unpaired) electrons. The average Bonchev–Trinajstić information content (AvgIpc) is 2.97. The molecule has 4 nitrogen and oxygen atoms in total. The molecule has 16 heavy (non-hydrogen) atoms. The van der Waals surface area contributed by atoms with Crippen molar-refractivity contribution in [3.05, 3.63) is 29.6 Å². The summed E-state index contributed by atoms with van der Waals surface area (Å²) in [6.45, 7) is 0. The molecule has 0 saturated heterocycles. The Morgan fingerprint density at radius 1 is 1.19 bits per heavy atom. The van der Waals surface area contributed by atoms with Crippen LogP contribution in [-0.4, -0.2) is 15.2 Å². The van der Waals surface area contributed by atoms with Crippen LogP contribution < -0.4 is 5.73 Å².